The number of urea groups is 1. The number of Topliss-reactive ketones (excluding diaryl/α,β-unsaturated/α-hetero) is 1. The molecule has 0 aliphatic carbocycles. The van der Waals surface area contributed by atoms with Crippen LogP contribution in [-0.2, 0) is 4.79 Å². The van der Waals surface area contributed by atoms with Crippen LogP contribution in [0.4, 0.5) is 4.79 Å². The highest BCUT2D eigenvalue weighted by Crippen LogP contribution is 2.14. The van der Waals surface area contributed by atoms with Gasteiger partial charge in [-0.15, -0.1) is 0 Å². The maximum atomic E-state index is 11.5. The van der Waals surface area contributed by atoms with Gasteiger partial charge in [0.2, 0.25) is 0 Å². The number of rotatable bonds is 4. The molecule has 0 bridgehead atoms. The molecule has 0 fully saturated rings. The van der Waals surface area contributed by atoms with Crippen molar-refractivity contribution in [2.24, 2.45) is 0 Å². The summed E-state index contributed by atoms with van der Waals surface area (Å²) in [5, 5.41) is 4.38. The molecule has 1 aromatic rings. The van der Waals surface area contributed by atoms with Gasteiger partial charge in [0.1, 0.15) is 5.75 Å². The molecule has 1 unspecified atom stereocenters. The van der Waals surface area contributed by atoms with Gasteiger partial charge in [0.05, 0.1) is 0 Å². The molecular weight excluding hydrogens is 248 g/mol. The SMILES string of the molecule is CNC(=O)NC(=O)C(C)Oc1ccc(C(C)=O)cc1. The Labute approximate surface area is 111 Å². The smallest absolute Gasteiger partial charge is 0.321 e. The van der Waals surface area contributed by atoms with Crippen LogP contribution in [0.25, 0.3) is 0 Å². The molecule has 6 heteroatoms. The first-order chi connectivity index (χ1) is 8.93. The van der Waals surface area contributed by atoms with Gasteiger partial charge in [-0.3, -0.25) is 14.9 Å². The van der Waals surface area contributed by atoms with Crippen LogP contribution < -0.4 is 15.4 Å². The molecule has 0 aromatic heterocycles. The molecule has 1 atom stereocenters. The summed E-state index contributed by atoms with van der Waals surface area (Å²) in [6, 6.07) is 5.83. The molecule has 0 radical (unpaired) electrons. The first kappa shape index (κ1) is 14.7. The van der Waals surface area contributed by atoms with E-state index in [0.717, 1.165) is 0 Å². The molecule has 3 amide bonds. The number of nitrogens with one attached hydrogen (secondary N) is 2. The highest BCUT2D eigenvalue weighted by Gasteiger charge is 2.16. The molecule has 2 N–H and O–H groups in total. The van der Waals surface area contributed by atoms with Gasteiger partial charge in [-0.2, -0.15) is 0 Å². The van der Waals surface area contributed by atoms with Crippen LogP contribution in [0.5, 0.6) is 5.75 Å². The van der Waals surface area contributed by atoms with E-state index in [4.69, 9.17) is 4.74 Å². The summed E-state index contributed by atoms with van der Waals surface area (Å²) in [5.74, 6) is -0.142. The van der Waals surface area contributed by atoms with Gasteiger partial charge in [0, 0.05) is 12.6 Å². The fraction of sp³-hybridized carbons (Fsp3) is 0.308. The molecule has 0 heterocycles. The molecule has 19 heavy (non-hydrogen) atoms. The number of ketones is 1. The van der Waals surface area contributed by atoms with Gasteiger partial charge in [0.25, 0.3) is 5.91 Å². The van der Waals surface area contributed by atoms with E-state index in [1.54, 1.807) is 24.3 Å². The van der Waals surface area contributed by atoms with Gasteiger partial charge < -0.3 is 10.1 Å². The maximum Gasteiger partial charge on any atom is 0.321 e. The van der Waals surface area contributed by atoms with Crippen LogP contribution in [-0.4, -0.2) is 30.9 Å². The monoisotopic (exact) mass is 264 g/mol. The van der Waals surface area contributed by atoms with E-state index in [2.05, 4.69) is 10.6 Å². The van der Waals surface area contributed by atoms with Crippen LogP contribution in [0.2, 0.25) is 0 Å². The number of imide groups is 1. The third kappa shape index (κ3) is 4.42. The van der Waals surface area contributed by atoms with Gasteiger partial charge in [0.15, 0.2) is 11.9 Å². The summed E-state index contributed by atoms with van der Waals surface area (Å²) in [6.45, 7) is 2.99. The van der Waals surface area contributed by atoms with Gasteiger partial charge in [-0.25, -0.2) is 4.79 Å². The van der Waals surface area contributed by atoms with E-state index >= 15 is 0 Å². The first-order valence-corrected chi connectivity index (χ1v) is 5.74. The number of ether oxygens (including phenoxy) is 1. The summed E-state index contributed by atoms with van der Waals surface area (Å²) in [5.41, 5.74) is 0.565. The largest absolute Gasteiger partial charge is 0.481 e. The molecule has 0 saturated heterocycles. The normalized spacial score (nSPS) is 11.3. The molecule has 1 rings (SSSR count). The van der Waals surface area contributed by atoms with Crippen molar-refractivity contribution in [2.45, 2.75) is 20.0 Å². The van der Waals surface area contributed by atoms with Crippen LogP contribution in [0, 0.1) is 0 Å². The topological polar surface area (TPSA) is 84.5 Å². The summed E-state index contributed by atoms with van der Waals surface area (Å²) in [4.78, 5) is 33.6. The van der Waals surface area contributed by atoms with E-state index in [1.165, 1.54) is 20.9 Å². The molecule has 0 aliphatic heterocycles. The van der Waals surface area contributed by atoms with Crippen LogP contribution >= 0.6 is 0 Å². The second-order valence-electron chi connectivity index (χ2n) is 3.91. The Morgan fingerprint density at radius 2 is 1.74 bits per heavy atom. The molecule has 0 spiro atoms. The number of hydrogen-bond acceptors (Lipinski definition) is 4. The number of carbonyl (C=O) groups excluding carboxylic acids is 3. The predicted octanol–water partition coefficient (Wildman–Crippen LogP) is 1.11. The second kappa shape index (κ2) is 6.53. The van der Waals surface area contributed by atoms with E-state index < -0.39 is 18.0 Å². The molecule has 102 valence electrons. The Kier molecular flexibility index (Phi) is 5.05. The average molecular weight is 264 g/mol. The van der Waals surface area contributed by atoms with Crippen molar-refractivity contribution in [3.8, 4) is 5.75 Å². The lowest BCUT2D eigenvalue weighted by Crippen LogP contribution is -2.43. The maximum absolute atomic E-state index is 11.5. The average Bonchev–Trinajstić information content (AvgIpc) is 2.38. The zero-order valence-electron chi connectivity index (χ0n) is 11.0. The number of benzene rings is 1. The van der Waals surface area contributed by atoms with Crippen LogP contribution in [0.3, 0.4) is 0 Å². The van der Waals surface area contributed by atoms with Crippen LogP contribution in [0.1, 0.15) is 24.2 Å². The van der Waals surface area contributed by atoms with Gasteiger partial charge in [-0.05, 0) is 38.1 Å². The third-order valence-electron chi connectivity index (χ3n) is 2.41. The quantitative estimate of drug-likeness (QED) is 0.798. The zero-order chi connectivity index (χ0) is 14.4. The lowest BCUT2D eigenvalue weighted by atomic mass is 10.1. The van der Waals surface area contributed by atoms with Gasteiger partial charge >= 0.3 is 6.03 Å². The van der Waals surface area contributed by atoms with Crippen molar-refractivity contribution in [1.29, 1.82) is 0 Å². The lowest BCUT2D eigenvalue weighted by molar-refractivity contribution is -0.126. The number of hydrogen-bond donors (Lipinski definition) is 2. The molecule has 1 aromatic carbocycles. The molecule has 6 nitrogen and oxygen atoms in total. The highest BCUT2D eigenvalue weighted by atomic mass is 16.5. The number of carbonyl (C=O) groups is 3. The predicted molar refractivity (Wildman–Crippen MR) is 69.1 cm³/mol. The van der Waals surface area contributed by atoms with Crippen molar-refractivity contribution in [3.05, 3.63) is 29.8 Å². The van der Waals surface area contributed by atoms with E-state index in [1.807, 2.05) is 0 Å². The Morgan fingerprint density at radius 1 is 1.16 bits per heavy atom. The zero-order valence-corrected chi connectivity index (χ0v) is 11.0. The molecule has 0 aliphatic rings. The minimum atomic E-state index is -0.819. The number of amides is 3. The van der Waals surface area contributed by atoms with Gasteiger partial charge in [-0.1, -0.05) is 0 Å². The van der Waals surface area contributed by atoms with Crippen molar-refractivity contribution in [1.82, 2.24) is 10.6 Å². The first-order valence-electron chi connectivity index (χ1n) is 5.74. The summed E-state index contributed by atoms with van der Waals surface area (Å²) in [7, 11) is 1.41. The second-order valence-corrected chi connectivity index (χ2v) is 3.91. The minimum Gasteiger partial charge on any atom is -0.481 e. The Morgan fingerprint density at radius 3 is 2.21 bits per heavy atom. The van der Waals surface area contributed by atoms with Crippen molar-refractivity contribution in [2.75, 3.05) is 7.05 Å². The summed E-state index contributed by atoms with van der Waals surface area (Å²) < 4.78 is 5.35. The summed E-state index contributed by atoms with van der Waals surface area (Å²) in [6.07, 6.45) is -0.819. The van der Waals surface area contributed by atoms with Crippen LogP contribution in [0.15, 0.2) is 24.3 Å². The van der Waals surface area contributed by atoms with E-state index in [-0.39, 0.29) is 5.78 Å². The Bertz CT molecular complexity index is 482. The van der Waals surface area contributed by atoms with E-state index in [0.29, 0.717) is 11.3 Å². The fourth-order valence-electron chi connectivity index (χ4n) is 1.30. The fourth-order valence-corrected chi connectivity index (χ4v) is 1.30. The minimum absolute atomic E-state index is 0.0445. The van der Waals surface area contributed by atoms with E-state index in [9.17, 15) is 14.4 Å². The molecule has 0 saturated carbocycles. The standard InChI is InChI=1S/C13H16N2O4/c1-8(16)10-4-6-11(7-5-10)19-9(2)12(17)15-13(18)14-3/h4-7,9H,1-3H3,(H2,14,15,17,18). The summed E-state index contributed by atoms with van der Waals surface area (Å²) >= 11 is 0. The third-order valence-corrected chi connectivity index (χ3v) is 2.41. The Balaban J connectivity index is 2.61. The van der Waals surface area contributed by atoms with Crippen molar-refractivity contribution < 1.29 is 19.1 Å². The Hall–Kier alpha value is -2.37. The van der Waals surface area contributed by atoms with Crippen molar-refractivity contribution in [3.63, 3.8) is 0 Å². The van der Waals surface area contributed by atoms with Crippen molar-refractivity contribution >= 4 is 17.7 Å². The molecular formula is C13H16N2O4. The highest BCUT2D eigenvalue weighted by molar-refractivity contribution is 5.96. The lowest BCUT2D eigenvalue weighted by Gasteiger charge is -2.14.